The molecule has 4 aliphatic heterocycles. The Hall–Kier alpha value is -14.2. The number of anilines is 18. The molecule has 0 spiro atoms. The van der Waals surface area contributed by atoms with Crippen molar-refractivity contribution in [2.75, 3.05) is 29.4 Å². The van der Waals surface area contributed by atoms with E-state index >= 15 is 0 Å². The Morgan fingerprint density at radius 2 is 0.537 bits per heavy atom. The summed E-state index contributed by atoms with van der Waals surface area (Å²) in [4.78, 5) is 14.8. The largest absolute Gasteiger partial charge is 0.454 e. The predicted molar refractivity (Wildman–Crippen MR) is 453 cm³/mol. The lowest BCUT2D eigenvalue weighted by Crippen LogP contribution is -2.65. The van der Waals surface area contributed by atoms with E-state index in [1.165, 1.54) is 32.8 Å². The van der Waals surface area contributed by atoms with Gasteiger partial charge in [-0.05, 0) is 230 Å². The van der Waals surface area contributed by atoms with Crippen LogP contribution in [0.4, 0.5) is 102 Å². The molecule has 4 aliphatic rings. The van der Waals surface area contributed by atoms with Crippen molar-refractivity contribution >= 4 is 214 Å². The Balaban J connectivity index is 0.798. The maximum atomic E-state index is 7.61. The zero-order valence-corrected chi connectivity index (χ0v) is 58.5. The van der Waals surface area contributed by atoms with Crippen molar-refractivity contribution < 1.29 is 8.83 Å². The van der Waals surface area contributed by atoms with Crippen LogP contribution < -0.4 is 62.2 Å². The first kappa shape index (κ1) is 60.2. The minimum atomic E-state index is -0.252. The molecule has 502 valence electrons. The van der Waals surface area contributed by atoms with E-state index in [1.807, 2.05) is 0 Å². The molecule has 6 heterocycles. The third-order valence-corrected chi connectivity index (χ3v) is 22.8. The van der Waals surface area contributed by atoms with Crippen LogP contribution in [0, 0.1) is 0 Å². The number of para-hydroxylation sites is 10. The fourth-order valence-corrected chi connectivity index (χ4v) is 18.3. The molecule has 19 aromatic rings. The molecule has 0 saturated heterocycles. The number of nitrogens with zero attached hydrogens (tertiary/aromatic N) is 6. The van der Waals surface area contributed by atoms with Crippen molar-refractivity contribution in [1.29, 1.82) is 0 Å². The van der Waals surface area contributed by atoms with E-state index in [0.29, 0.717) is 0 Å². The summed E-state index contributed by atoms with van der Waals surface area (Å²) in [5.41, 5.74) is 29.9. The van der Waals surface area contributed by atoms with Crippen LogP contribution in [0.15, 0.2) is 385 Å². The molecule has 0 fully saturated rings. The topological polar surface area (TPSA) is 45.7 Å². The molecule has 2 aromatic heterocycles. The molecule has 0 atom stereocenters. The van der Waals surface area contributed by atoms with Crippen LogP contribution in [0.5, 0.6) is 0 Å². The van der Waals surface area contributed by atoms with E-state index in [4.69, 9.17) is 8.83 Å². The van der Waals surface area contributed by atoms with Crippen LogP contribution in [0.25, 0.3) is 65.4 Å². The average Bonchev–Trinajstić information content (AvgIpc) is 1.14. The summed E-state index contributed by atoms with van der Waals surface area (Å²) in [6.07, 6.45) is 0. The standard InChI is InChI=1S/C98H62B2N6O2/c1-9-29-67(30-10-1)101(68-31-11-2-12-32-68)75-51-49-63-57-91-77(55-65(63)53-75)79-59-89-93-95(97(79)107-91)105(73-41-21-7-22-42-73)85-47-27-25-45-81(85)99(93)83-61-84-88(62-87(83)103(89)71-37-17-5-18-38-71)104(72-39-19-6-20-40-72)90-60-80-78-56-66-54-76(102(69-33-13-3-14-34-69)70-35-15-4-16-36-70)52-50-64(66)58-92(78)108-98(80)96-94(90)100(84)82-46-26-28-48-86(82)106(96)74-43-23-8-24-44-74/h1-62H. The third kappa shape index (κ3) is 9.01. The minimum Gasteiger partial charge on any atom is -0.454 e. The summed E-state index contributed by atoms with van der Waals surface area (Å²) in [5, 5.41) is 8.58. The van der Waals surface area contributed by atoms with Crippen molar-refractivity contribution in [3.63, 3.8) is 0 Å². The van der Waals surface area contributed by atoms with Gasteiger partial charge in [-0.3, -0.25) is 0 Å². The molecule has 0 unspecified atom stereocenters. The number of hydrogen-bond donors (Lipinski definition) is 0. The van der Waals surface area contributed by atoms with Crippen LogP contribution in [0.3, 0.4) is 0 Å². The van der Waals surface area contributed by atoms with Crippen molar-refractivity contribution in [2.45, 2.75) is 0 Å². The number of benzene rings is 17. The van der Waals surface area contributed by atoms with E-state index in [-0.39, 0.29) is 13.4 Å². The normalized spacial score (nSPS) is 13.1. The first-order chi connectivity index (χ1) is 53.6. The quantitative estimate of drug-likeness (QED) is 0.126. The molecule has 0 N–H and O–H groups in total. The Bertz CT molecular complexity index is 6360. The number of fused-ring (bicyclic) bond motifs is 18. The first-order valence-corrected chi connectivity index (χ1v) is 37.1. The van der Waals surface area contributed by atoms with Gasteiger partial charge in [0, 0.05) is 113 Å². The number of furan rings is 2. The summed E-state index contributed by atoms with van der Waals surface area (Å²) >= 11 is 0. The lowest BCUT2D eigenvalue weighted by molar-refractivity contribution is 0.669. The van der Waals surface area contributed by atoms with Gasteiger partial charge in [0.2, 0.25) is 0 Å². The Kier molecular flexibility index (Phi) is 13.2. The molecule has 0 bridgehead atoms. The van der Waals surface area contributed by atoms with Gasteiger partial charge in [0.05, 0.1) is 11.4 Å². The summed E-state index contributed by atoms with van der Waals surface area (Å²) in [6, 6.07) is 138. The van der Waals surface area contributed by atoms with E-state index in [1.54, 1.807) is 0 Å². The fraction of sp³-hybridized carbons (Fsp3) is 0. The monoisotopic (exact) mass is 1380 g/mol. The second kappa shape index (κ2) is 23.7. The number of hydrogen-bond acceptors (Lipinski definition) is 8. The maximum Gasteiger partial charge on any atom is 0.252 e. The maximum absolute atomic E-state index is 7.61. The van der Waals surface area contributed by atoms with Crippen LogP contribution >= 0.6 is 0 Å². The van der Waals surface area contributed by atoms with Crippen molar-refractivity contribution in [2.24, 2.45) is 0 Å². The van der Waals surface area contributed by atoms with Gasteiger partial charge in [0.25, 0.3) is 13.4 Å². The van der Waals surface area contributed by atoms with E-state index in [0.717, 1.165) is 168 Å². The third-order valence-electron chi connectivity index (χ3n) is 22.8. The molecule has 0 radical (unpaired) electrons. The predicted octanol–water partition coefficient (Wildman–Crippen LogP) is 22.9. The Morgan fingerprint density at radius 3 is 0.898 bits per heavy atom. The smallest absolute Gasteiger partial charge is 0.252 e. The van der Waals surface area contributed by atoms with Gasteiger partial charge in [-0.2, -0.15) is 0 Å². The molecule has 0 aliphatic carbocycles. The van der Waals surface area contributed by atoms with E-state index in [9.17, 15) is 0 Å². The molecule has 10 heteroatoms. The highest BCUT2D eigenvalue weighted by atomic mass is 16.3. The molecular weight excluding hydrogens is 1310 g/mol. The number of rotatable bonds is 10. The van der Waals surface area contributed by atoms with Gasteiger partial charge in [0.1, 0.15) is 11.2 Å². The average molecular weight is 1380 g/mol. The Labute approximate surface area is 624 Å². The zero-order valence-electron chi connectivity index (χ0n) is 58.5. The van der Waals surface area contributed by atoms with Gasteiger partial charge in [-0.15, -0.1) is 0 Å². The molecular formula is C98H62B2N6O2. The van der Waals surface area contributed by atoms with Gasteiger partial charge in [-0.25, -0.2) is 0 Å². The van der Waals surface area contributed by atoms with E-state index in [2.05, 4.69) is 406 Å². The molecule has 23 rings (SSSR count). The molecule has 108 heavy (non-hydrogen) atoms. The van der Waals surface area contributed by atoms with Crippen LogP contribution in [-0.4, -0.2) is 13.4 Å². The molecule has 8 nitrogen and oxygen atoms in total. The van der Waals surface area contributed by atoms with Gasteiger partial charge < -0.3 is 38.2 Å². The van der Waals surface area contributed by atoms with Crippen molar-refractivity contribution in [3.8, 4) is 0 Å². The van der Waals surface area contributed by atoms with Gasteiger partial charge >= 0.3 is 0 Å². The van der Waals surface area contributed by atoms with Crippen LogP contribution in [-0.2, 0) is 0 Å². The molecule has 0 saturated carbocycles. The summed E-state index contributed by atoms with van der Waals surface area (Å²) < 4.78 is 15.2. The van der Waals surface area contributed by atoms with Crippen molar-refractivity contribution in [3.05, 3.63) is 376 Å². The highest BCUT2D eigenvalue weighted by Gasteiger charge is 2.50. The van der Waals surface area contributed by atoms with Crippen LogP contribution in [0.2, 0.25) is 0 Å². The lowest BCUT2D eigenvalue weighted by atomic mass is 9.30. The fourth-order valence-electron chi connectivity index (χ4n) is 18.3. The SMILES string of the molecule is c1ccc(N(c2ccccc2)c2ccc3cc4oc5c6c7c(cc5c4cc3c2)N(c2ccccc2)c2cc3c(cc2B7c2ccccc2N6c2ccccc2)B2c4ccccc4N(c4ccccc4)c4c2c(cc2c4oc4cc5ccc(N(c6ccccc6)c6ccccc6)cc5cc42)N3c2ccccc2)cc1. The highest BCUT2D eigenvalue weighted by molar-refractivity contribution is 7.03. The van der Waals surface area contributed by atoms with Crippen LogP contribution in [0.1, 0.15) is 0 Å². The lowest BCUT2D eigenvalue weighted by Gasteiger charge is -2.47. The second-order valence-corrected chi connectivity index (χ2v) is 28.7. The summed E-state index contributed by atoms with van der Waals surface area (Å²) in [5.74, 6) is 0. The zero-order chi connectivity index (χ0) is 70.7. The summed E-state index contributed by atoms with van der Waals surface area (Å²) in [7, 11) is 0. The molecule has 0 amide bonds. The Morgan fingerprint density at radius 1 is 0.213 bits per heavy atom. The van der Waals surface area contributed by atoms with Gasteiger partial charge in [-0.1, -0.05) is 200 Å². The highest BCUT2D eigenvalue weighted by Crippen LogP contribution is 2.54. The van der Waals surface area contributed by atoms with Gasteiger partial charge in [0.15, 0.2) is 11.2 Å². The van der Waals surface area contributed by atoms with Crippen molar-refractivity contribution in [1.82, 2.24) is 0 Å². The molecule has 17 aromatic carbocycles. The first-order valence-electron chi connectivity index (χ1n) is 37.1. The van der Waals surface area contributed by atoms with E-state index < -0.39 is 0 Å². The minimum absolute atomic E-state index is 0.252. The second-order valence-electron chi connectivity index (χ2n) is 28.7. The summed E-state index contributed by atoms with van der Waals surface area (Å²) in [6.45, 7) is -0.503.